The summed E-state index contributed by atoms with van der Waals surface area (Å²) in [7, 11) is 0. The summed E-state index contributed by atoms with van der Waals surface area (Å²) in [6.07, 6.45) is -3.65. The summed E-state index contributed by atoms with van der Waals surface area (Å²) in [5.74, 6) is -0.630. The Labute approximate surface area is 139 Å². The Morgan fingerprint density at radius 1 is 1.22 bits per heavy atom. The van der Waals surface area contributed by atoms with Gasteiger partial charge in [0.25, 0.3) is 0 Å². The monoisotopic (exact) mass is 356 g/mol. The van der Waals surface area contributed by atoms with Gasteiger partial charge in [0.15, 0.2) is 0 Å². The lowest BCUT2D eigenvalue weighted by atomic mass is 9.97. The van der Waals surface area contributed by atoms with Crippen molar-refractivity contribution in [3.05, 3.63) is 35.1 Å². The molecule has 0 aliphatic carbocycles. The maximum atomic E-state index is 14.1. The van der Waals surface area contributed by atoms with E-state index < -0.39 is 23.6 Å². The molecule has 0 unspecified atom stereocenters. The van der Waals surface area contributed by atoms with Crippen LogP contribution in [0.2, 0.25) is 0 Å². The zero-order valence-electron chi connectivity index (χ0n) is 12.6. The fraction of sp³-hybridized carbons (Fsp3) is 0.600. The zero-order valence-corrected chi connectivity index (χ0v) is 13.4. The van der Waals surface area contributed by atoms with Crippen molar-refractivity contribution in [1.29, 1.82) is 0 Å². The third-order valence-electron chi connectivity index (χ3n) is 3.91. The minimum absolute atomic E-state index is 0. The molecule has 0 radical (unpaired) electrons. The van der Waals surface area contributed by atoms with Crippen LogP contribution in [0.3, 0.4) is 0 Å². The summed E-state index contributed by atoms with van der Waals surface area (Å²) in [4.78, 5) is 1.98. The molecule has 1 saturated heterocycles. The highest BCUT2D eigenvalue weighted by Crippen LogP contribution is 2.34. The first-order valence-electron chi connectivity index (χ1n) is 7.35. The van der Waals surface area contributed by atoms with Crippen LogP contribution in [-0.4, -0.2) is 42.8 Å². The zero-order chi connectivity index (χ0) is 16.2. The van der Waals surface area contributed by atoms with Crippen LogP contribution in [-0.2, 0) is 6.18 Å². The molecule has 0 spiro atoms. The lowest BCUT2D eigenvalue weighted by molar-refractivity contribution is -0.137. The predicted octanol–water partition coefficient (Wildman–Crippen LogP) is 2.99. The second-order valence-corrected chi connectivity index (χ2v) is 5.40. The Hall–Kier alpha value is -0.890. The minimum Gasteiger partial charge on any atom is -0.396 e. The van der Waals surface area contributed by atoms with Gasteiger partial charge >= 0.3 is 6.18 Å². The maximum absolute atomic E-state index is 14.1. The van der Waals surface area contributed by atoms with Crippen molar-refractivity contribution < 1.29 is 22.7 Å². The number of hydrogen-bond acceptors (Lipinski definition) is 3. The minimum atomic E-state index is -4.49. The number of hydrogen-bond donors (Lipinski definition) is 2. The molecule has 1 aromatic carbocycles. The van der Waals surface area contributed by atoms with Crippen molar-refractivity contribution in [2.75, 3.05) is 32.8 Å². The van der Waals surface area contributed by atoms with Crippen LogP contribution in [0.1, 0.15) is 30.0 Å². The van der Waals surface area contributed by atoms with E-state index >= 15 is 0 Å². The van der Waals surface area contributed by atoms with E-state index in [2.05, 4.69) is 5.32 Å². The first-order chi connectivity index (χ1) is 10.4. The Bertz CT molecular complexity index is 493. The number of alkyl halides is 3. The van der Waals surface area contributed by atoms with Crippen LogP contribution in [0.25, 0.3) is 0 Å². The van der Waals surface area contributed by atoms with Gasteiger partial charge in [-0.3, -0.25) is 4.90 Å². The second kappa shape index (κ2) is 8.82. The topological polar surface area (TPSA) is 35.5 Å². The lowest BCUT2D eigenvalue weighted by Crippen LogP contribution is -2.45. The summed E-state index contributed by atoms with van der Waals surface area (Å²) in [6, 6.07) is 2.10. The van der Waals surface area contributed by atoms with Crippen molar-refractivity contribution in [2.24, 2.45) is 0 Å². The number of nitrogens with one attached hydrogen (secondary N) is 1. The van der Waals surface area contributed by atoms with Crippen molar-refractivity contribution in [2.45, 2.75) is 25.1 Å². The largest absolute Gasteiger partial charge is 0.416 e. The number of benzene rings is 1. The molecule has 1 aromatic rings. The highest BCUT2D eigenvalue weighted by molar-refractivity contribution is 5.85. The molecular formula is C15H21ClF4N2O. The summed E-state index contributed by atoms with van der Waals surface area (Å²) in [6.45, 7) is 2.66. The summed E-state index contributed by atoms with van der Waals surface area (Å²) < 4.78 is 52.7. The van der Waals surface area contributed by atoms with Crippen molar-refractivity contribution in [3.63, 3.8) is 0 Å². The fourth-order valence-corrected chi connectivity index (χ4v) is 2.79. The first kappa shape index (κ1) is 20.2. The van der Waals surface area contributed by atoms with Gasteiger partial charge in [-0.05, 0) is 31.0 Å². The third-order valence-corrected chi connectivity index (χ3v) is 3.91. The average Bonchev–Trinajstić information content (AvgIpc) is 2.49. The van der Waals surface area contributed by atoms with Crippen molar-refractivity contribution in [3.8, 4) is 0 Å². The van der Waals surface area contributed by atoms with E-state index in [0.717, 1.165) is 31.3 Å². The Morgan fingerprint density at radius 2 is 1.87 bits per heavy atom. The Balaban J connectivity index is 0.00000264. The van der Waals surface area contributed by atoms with E-state index in [0.29, 0.717) is 25.9 Å². The molecule has 2 N–H and O–H groups in total. The summed E-state index contributed by atoms with van der Waals surface area (Å²) in [5.41, 5.74) is -0.779. The predicted molar refractivity (Wildman–Crippen MR) is 82.2 cm³/mol. The van der Waals surface area contributed by atoms with Gasteiger partial charge in [-0.2, -0.15) is 13.2 Å². The normalized spacial score (nSPS) is 17.6. The van der Waals surface area contributed by atoms with Crippen LogP contribution < -0.4 is 5.32 Å². The van der Waals surface area contributed by atoms with Crippen LogP contribution in [0, 0.1) is 5.82 Å². The number of piperazine rings is 1. The van der Waals surface area contributed by atoms with Gasteiger partial charge in [0.1, 0.15) is 5.82 Å². The summed E-state index contributed by atoms with van der Waals surface area (Å²) in [5, 5.41) is 12.2. The van der Waals surface area contributed by atoms with Gasteiger partial charge in [-0.1, -0.05) is 0 Å². The van der Waals surface area contributed by atoms with Crippen LogP contribution in [0.15, 0.2) is 18.2 Å². The van der Waals surface area contributed by atoms with Crippen molar-refractivity contribution in [1.82, 2.24) is 10.2 Å². The molecule has 1 fully saturated rings. The van der Waals surface area contributed by atoms with Gasteiger partial charge in [-0.25, -0.2) is 4.39 Å². The molecule has 1 atom stereocenters. The van der Waals surface area contributed by atoms with Crippen LogP contribution in [0.5, 0.6) is 0 Å². The average molecular weight is 357 g/mol. The molecule has 3 nitrogen and oxygen atoms in total. The van der Waals surface area contributed by atoms with E-state index in [1.807, 2.05) is 4.90 Å². The molecule has 0 aromatic heterocycles. The van der Waals surface area contributed by atoms with Gasteiger partial charge in [-0.15, -0.1) is 12.4 Å². The van der Waals surface area contributed by atoms with E-state index in [1.54, 1.807) is 0 Å². The lowest BCUT2D eigenvalue weighted by Gasteiger charge is -2.35. The van der Waals surface area contributed by atoms with Gasteiger partial charge < -0.3 is 10.4 Å². The quantitative estimate of drug-likeness (QED) is 0.796. The van der Waals surface area contributed by atoms with Crippen molar-refractivity contribution >= 4 is 12.4 Å². The molecular weight excluding hydrogens is 336 g/mol. The molecule has 0 bridgehead atoms. The standard InChI is InChI=1S/C15H20F4N2O.ClH/c16-13-4-3-11(15(17,18)19)10-12(13)14(2-1-9-22)21-7-5-20-6-8-21;/h3-4,10,14,20,22H,1-2,5-9H2;1H/t14-;/m1./s1. The number of halogens is 5. The second-order valence-electron chi connectivity index (χ2n) is 5.40. The Kier molecular flexibility index (Phi) is 7.73. The highest BCUT2D eigenvalue weighted by Gasteiger charge is 2.33. The first-order valence-corrected chi connectivity index (χ1v) is 7.35. The number of rotatable bonds is 5. The molecule has 0 amide bonds. The van der Waals surface area contributed by atoms with E-state index in [9.17, 15) is 17.6 Å². The van der Waals surface area contributed by atoms with Gasteiger partial charge in [0.05, 0.1) is 5.56 Å². The van der Waals surface area contributed by atoms with E-state index in [1.165, 1.54) is 0 Å². The van der Waals surface area contributed by atoms with E-state index in [4.69, 9.17) is 5.11 Å². The van der Waals surface area contributed by atoms with Gasteiger partial charge in [0, 0.05) is 44.4 Å². The highest BCUT2D eigenvalue weighted by atomic mass is 35.5. The molecule has 1 aliphatic rings. The molecule has 8 heteroatoms. The number of nitrogens with zero attached hydrogens (tertiary/aromatic N) is 1. The molecule has 1 aliphatic heterocycles. The van der Waals surface area contributed by atoms with Crippen LogP contribution >= 0.6 is 12.4 Å². The third kappa shape index (κ3) is 5.31. The van der Waals surface area contributed by atoms with Crippen LogP contribution in [0.4, 0.5) is 17.6 Å². The molecule has 23 heavy (non-hydrogen) atoms. The summed E-state index contributed by atoms with van der Waals surface area (Å²) >= 11 is 0. The Morgan fingerprint density at radius 3 is 2.43 bits per heavy atom. The smallest absolute Gasteiger partial charge is 0.396 e. The number of aliphatic hydroxyl groups is 1. The maximum Gasteiger partial charge on any atom is 0.416 e. The molecule has 1 heterocycles. The fourth-order valence-electron chi connectivity index (χ4n) is 2.79. The number of aliphatic hydroxyl groups excluding tert-OH is 1. The molecule has 132 valence electrons. The molecule has 2 rings (SSSR count). The SMILES string of the molecule is Cl.OCCC[C@H](c1cc(C(F)(F)F)ccc1F)N1CCNCC1. The van der Waals surface area contributed by atoms with Gasteiger partial charge in [0.2, 0.25) is 0 Å². The molecule has 0 saturated carbocycles. The van der Waals surface area contributed by atoms with E-state index in [-0.39, 0.29) is 24.6 Å².